The Labute approximate surface area is 182 Å². The number of carbonyl (C=O) groups is 1. The highest BCUT2D eigenvalue weighted by atomic mass is 32.2. The maximum atomic E-state index is 12.6. The summed E-state index contributed by atoms with van der Waals surface area (Å²) in [5.41, 5.74) is 0.819. The molecule has 1 aromatic carbocycles. The van der Waals surface area contributed by atoms with Crippen LogP contribution in [0.3, 0.4) is 0 Å². The van der Waals surface area contributed by atoms with Gasteiger partial charge in [0.1, 0.15) is 17.3 Å². The molecule has 0 aliphatic heterocycles. The summed E-state index contributed by atoms with van der Waals surface area (Å²) >= 11 is 1.34. The van der Waals surface area contributed by atoms with Gasteiger partial charge in [0.2, 0.25) is 5.91 Å². The molecule has 1 aliphatic carbocycles. The number of thioether (sulfide) groups is 1. The first-order chi connectivity index (χ1) is 15.0. The minimum Gasteiger partial charge on any atom is -0.467 e. The van der Waals surface area contributed by atoms with Crippen LogP contribution in [0.4, 0.5) is 8.78 Å². The molecule has 10 heteroatoms. The molecule has 1 fully saturated rings. The molecule has 0 N–H and O–H groups in total. The molecule has 0 unspecified atom stereocenters. The lowest BCUT2D eigenvalue weighted by atomic mass is 10.2. The molecule has 1 aliphatic rings. The van der Waals surface area contributed by atoms with Gasteiger partial charge in [-0.3, -0.25) is 9.36 Å². The van der Waals surface area contributed by atoms with Crippen molar-refractivity contribution >= 4 is 17.7 Å². The third-order valence-electron chi connectivity index (χ3n) is 4.90. The summed E-state index contributed by atoms with van der Waals surface area (Å²) in [7, 11) is 1.70. The summed E-state index contributed by atoms with van der Waals surface area (Å²) in [5, 5.41) is 9.32. The molecule has 2 heterocycles. The molecule has 1 saturated carbocycles. The Balaban J connectivity index is 1.35. The second-order valence-electron chi connectivity index (χ2n) is 7.34. The van der Waals surface area contributed by atoms with Crippen molar-refractivity contribution in [3.8, 4) is 5.75 Å². The van der Waals surface area contributed by atoms with E-state index in [1.807, 2.05) is 16.7 Å². The topological polar surface area (TPSA) is 73.4 Å². The minimum absolute atomic E-state index is 0.0709. The Bertz CT molecular complexity index is 1000. The lowest BCUT2D eigenvalue weighted by Gasteiger charge is -2.17. The largest absolute Gasteiger partial charge is 0.467 e. The molecular formula is C21H22F2N4O3S. The van der Waals surface area contributed by atoms with E-state index in [1.54, 1.807) is 30.3 Å². The van der Waals surface area contributed by atoms with Crippen molar-refractivity contribution in [2.75, 3.05) is 12.8 Å². The highest BCUT2D eigenvalue weighted by Gasteiger charge is 2.31. The zero-order chi connectivity index (χ0) is 21.8. The number of nitrogens with zero attached hydrogens (tertiary/aromatic N) is 4. The SMILES string of the molecule is CN(Cc1ccc(OC(F)F)cc1)C(=O)CSc1nnc(C2CC2)n1Cc1ccco1. The van der Waals surface area contributed by atoms with E-state index in [0.29, 0.717) is 24.2 Å². The smallest absolute Gasteiger partial charge is 0.387 e. The fourth-order valence-electron chi connectivity index (χ4n) is 3.13. The highest BCUT2D eigenvalue weighted by molar-refractivity contribution is 7.99. The number of rotatable bonds is 10. The Morgan fingerprint density at radius 2 is 2.06 bits per heavy atom. The second-order valence-corrected chi connectivity index (χ2v) is 8.28. The van der Waals surface area contributed by atoms with E-state index in [2.05, 4.69) is 14.9 Å². The number of benzene rings is 1. The summed E-state index contributed by atoms with van der Waals surface area (Å²) in [6.45, 7) is -1.96. The van der Waals surface area contributed by atoms with Gasteiger partial charge >= 0.3 is 6.61 Å². The number of furan rings is 1. The normalized spacial score (nSPS) is 13.5. The zero-order valence-electron chi connectivity index (χ0n) is 16.9. The highest BCUT2D eigenvalue weighted by Crippen LogP contribution is 2.40. The first-order valence-corrected chi connectivity index (χ1v) is 10.8. The molecular weight excluding hydrogens is 426 g/mol. The third-order valence-corrected chi connectivity index (χ3v) is 5.85. The van der Waals surface area contributed by atoms with Crippen LogP contribution in [0.2, 0.25) is 0 Å². The number of carbonyl (C=O) groups excluding carboxylic acids is 1. The molecule has 3 aromatic rings. The van der Waals surface area contributed by atoms with Gasteiger partial charge in [-0.25, -0.2) is 0 Å². The van der Waals surface area contributed by atoms with Crippen LogP contribution in [0.15, 0.2) is 52.2 Å². The average molecular weight is 448 g/mol. The number of hydrogen-bond acceptors (Lipinski definition) is 6. The quantitative estimate of drug-likeness (QED) is 0.434. The minimum atomic E-state index is -2.86. The van der Waals surface area contributed by atoms with Crippen LogP contribution in [-0.4, -0.2) is 45.0 Å². The van der Waals surface area contributed by atoms with Gasteiger partial charge in [0.25, 0.3) is 0 Å². The van der Waals surface area contributed by atoms with E-state index in [0.717, 1.165) is 30.0 Å². The van der Waals surface area contributed by atoms with E-state index in [-0.39, 0.29) is 17.4 Å². The van der Waals surface area contributed by atoms with Gasteiger partial charge in [-0.1, -0.05) is 23.9 Å². The van der Waals surface area contributed by atoms with Gasteiger partial charge in [0.05, 0.1) is 18.6 Å². The van der Waals surface area contributed by atoms with Crippen molar-refractivity contribution in [3.63, 3.8) is 0 Å². The van der Waals surface area contributed by atoms with E-state index in [9.17, 15) is 13.6 Å². The molecule has 2 aromatic heterocycles. The number of ether oxygens (including phenoxy) is 1. The number of amides is 1. The lowest BCUT2D eigenvalue weighted by molar-refractivity contribution is -0.127. The summed E-state index contributed by atoms with van der Waals surface area (Å²) in [4.78, 5) is 14.2. The maximum Gasteiger partial charge on any atom is 0.387 e. The first kappa shape index (κ1) is 21.4. The summed E-state index contributed by atoms with van der Waals surface area (Å²) in [6, 6.07) is 10.00. The van der Waals surface area contributed by atoms with Crippen LogP contribution >= 0.6 is 11.8 Å². The zero-order valence-corrected chi connectivity index (χ0v) is 17.7. The molecule has 0 bridgehead atoms. The molecule has 7 nitrogen and oxygen atoms in total. The molecule has 164 valence electrons. The van der Waals surface area contributed by atoms with Gasteiger partial charge in [-0.2, -0.15) is 8.78 Å². The van der Waals surface area contributed by atoms with Crippen molar-refractivity contribution in [2.24, 2.45) is 0 Å². The third kappa shape index (κ3) is 5.63. The Morgan fingerprint density at radius 3 is 2.71 bits per heavy atom. The van der Waals surface area contributed by atoms with Crippen molar-refractivity contribution < 1.29 is 22.7 Å². The van der Waals surface area contributed by atoms with Crippen molar-refractivity contribution in [1.29, 1.82) is 0 Å². The van der Waals surface area contributed by atoms with Gasteiger partial charge in [-0.15, -0.1) is 10.2 Å². The standard InChI is InChI=1S/C21H22F2N4O3S/c1-26(11-14-4-8-16(9-5-14)30-20(22)23)18(28)13-31-21-25-24-19(15-6-7-15)27(21)12-17-3-2-10-29-17/h2-5,8-10,15,20H,6-7,11-13H2,1H3. The van der Waals surface area contributed by atoms with Crippen LogP contribution in [0, 0.1) is 0 Å². The first-order valence-electron chi connectivity index (χ1n) is 9.85. The average Bonchev–Trinajstić information content (AvgIpc) is 3.31. The van der Waals surface area contributed by atoms with Gasteiger partial charge < -0.3 is 14.1 Å². The maximum absolute atomic E-state index is 12.6. The summed E-state index contributed by atoms with van der Waals surface area (Å²) in [5.74, 6) is 2.40. The summed E-state index contributed by atoms with van der Waals surface area (Å²) in [6.07, 6.45) is 3.83. The van der Waals surface area contributed by atoms with Gasteiger partial charge in [0, 0.05) is 19.5 Å². The van der Waals surface area contributed by atoms with E-state index in [1.165, 1.54) is 23.9 Å². The van der Waals surface area contributed by atoms with Gasteiger partial charge in [0.15, 0.2) is 5.16 Å². The van der Waals surface area contributed by atoms with Crippen LogP contribution in [0.25, 0.3) is 0 Å². The number of hydrogen-bond donors (Lipinski definition) is 0. The number of aromatic nitrogens is 3. The van der Waals surface area contributed by atoms with E-state index in [4.69, 9.17) is 4.42 Å². The van der Waals surface area contributed by atoms with Crippen LogP contribution in [-0.2, 0) is 17.9 Å². The molecule has 31 heavy (non-hydrogen) atoms. The second kappa shape index (κ2) is 9.51. The molecule has 4 rings (SSSR count). The molecule has 0 spiro atoms. The van der Waals surface area contributed by atoms with Crippen LogP contribution < -0.4 is 4.74 Å². The van der Waals surface area contributed by atoms with Crippen molar-refractivity contribution in [2.45, 2.75) is 43.6 Å². The lowest BCUT2D eigenvalue weighted by Crippen LogP contribution is -2.28. The Kier molecular flexibility index (Phi) is 6.55. The molecule has 0 saturated heterocycles. The van der Waals surface area contributed by atoms with E-state index < -0.39 is 6.61 Å². The summed E-state index contributed by atoms with van der Waals surface area (Å²) < 4.78 is 36.3. The molecule has 0 radical (unpaired) electrons. The van der Waals surface area contributed by atoms with Crippen molar-refractivity contribution in [1.82, 2.24) is 19.7 Å². The fourth-order valence-corrected chi connectivity index (χ4v) is 4.02. The fraction of sp³-hybridized carbons (Fsp3) is 0.381. The van der Waals surface area contributed by atoms with Crippen LogP contribution in [0.1, 0.15) is 35.9 Å². The van der Waals surface area contributed by atoms with Gasteiger partial charge in [-0.05, 0) is 42.7 Å². The Hall–Kier alpha value is -2.88. The predicted octanol–water partition coefficient (Wildman–Crippen LogP) is 4.15. The number of halogens is 2. The monoisotopic (exact) mass is 448 g/mol. The predicted molar refractivity (Wildman–Crippen MR) is 110 cm³/mol. The molecule has 1 amide bonds. The van der Waals surface area contributed by atoms with E-state index >= 15 is 0 Å². The molecule has 0 atom stereocenters. The Morgan fingerprint density at radius 1 is 1.29 bits per heavy atom. The number of alkyl halides is 2. The van der Waals surface area contributed by atoms with Crippen LogP contribution in [0.5, 0.6) is 5.75 Å². The van der Waals surface area contributed by atoms with Crippen molar-refractivity contribution in [3.05, 3.63) is 59.8 Å².